The maximum atomic E-state index is 5.04. The first-order valence-corrected chi connectivity index (χ1v) is 7.00. The van der Waals surface area contributed by atoms with Crippen molar-refractivity contribution in [2.75, 3.05) is 37.6 Å². The second kappa shape index (κ2) is 8.47. The van der Waals surface area contributed by atoms with Crippen molar-refractivity contribution in [1.29, 1.82) is 0 Å². The molecule has 0 amide bonds. The molecule has 1 heterocycles. The van der Waals surface area contributed by atoms with Gasteiger partial charge in [0.2, 0.25) is 5.95 Å². The van der Waals surface area contributed by atoms with Gasteiger partial charge in [-0.2, -0.15) is 11.8 Å². The molecule has 92 valence electrons. The molecule has 1 aromatic rings. The Morgan fingerprint density at radius 2 is 2.38 bits per heavy atom. The monoisotopic (exact) mass is 243 g/mol. The third-order valence-corrected chi connectivity index (χ3v) is 2.97. The van der Waals surface area contributed by atoms with E-state index in [2.05, 4.69) is 21.1 Å². The van der Waals surface area contributed by atoms with Crippen molar-refractivity contribution in [2.24, 2.45) is 0 Å². The zero-order valence-corrected chi connectivity index (χ0v) is 10.9. The maximum absolute atomic E-state index is 5.04. The van der Waals surface area contributed by atoms with Gasteiger partial charge in [-0.1, -0.05) is 0 Å². The fraction of sp³-hybridized carbons (Fsp3) is 0.727. The van der Waals surface area contributed by atoms with Gasteiger partial charge in [0.15, 0.2) is 0 Å². The molecule has 0 bridgehead atoms. The molecule has 0 saturated carbocycles. The molecule has 0 aliphatic carbocycles. The lowest BCUT2D eigenvalue weighted by molar-refractivity contribution is 0.190. The number of rotatable bonds is 9. The summed E-state index contributed by atoms with van der Waals surface area (Å²) in [5.74, 6) is 2.16. The summed E-state index contributed by atoms with van der Waals surface area (Å²) >= 11 is 1.88. The van der Waals surface area contributed by atoms with Crippen LogP contribution in [0.25, 0.3) is 0 Å². The second-order valence-corrected chi connectivity index (χ2v) is 4.55. The number of hydrogen-bond acceptors (Lipinski definition) is 4. The van der Waals surface area contributed by atoms with Gasteiger partial charge in [0.05, 0.1) is 0 Å². The van der Waals surface area contributed by atoms with Crippen LogP contribution >= 0.6 is 11.8 Å². The average Bonchev–Trinajstić information content (AvgIpc) is 2.73. The molecule has 0 unspecified atom stereocenters. The van der Waals surface area contributed by atoms with Gasteiger partial charge in [0.25, 0.3) is 0 Å². The van der Waals surface area contributed by atoms with Crippen LogP contribution in [-0.2, 0) is 11.3 Å². The van der Waals surface area contributed by atoms with Gasteiger partial charge in [-0.3, -0.25) is 0 Å². The fourth-order valence-electron chi connectivity index (χ4n) is 1.45. The van der Waals surface area contributed by atoms with E-state index in [0.717, 1.165) is 32.1 Å². The largest absolute Gasteiger partial charge is 0.385 e. The predicted molar refractivity (Wildman–Crippen MR) is 70.2 cm³/mol. The summed E-state index contributed by atoms with van der Waals surface area (Å²) in [5, 5.41) is 3.35. The minimum Gasteiger partial charge on any atom is -0.385 e. The van der Waals surface area contributed by atoms with Crippen molar-refractivity contribution in [3.63, 3.8) is 0 Å². The van der Waals surface area contributed by atoms with E-state index in [-0.39, 0.29) is 0 Å². The summed E-state index contributed by atoms with van der Waals surface area (Å²) in [6, 6.07) is 0. The lowest BCUT2D eigenvalue weighted by Gasteiger charge is -2.09. The molecule has 0 radical (unpaired) electrons. The number of imidazole rings is 1. The van der Waals surface area contributed by atoms with E-state index in [1.807, 2.05) is 24.2 Å². The van der Waals surface area contributed by atoms with E-state index in [1.54, 1.807) is 7.11 Å². The maximum Gasteiger partial charge on any atom is 0.202 e. The number of hydrogen-bond donors (Lipinski definition) is 1. The van der Waals surface area contributed by atoms with Gasteiger partial charge in [-0.15, -0.1) is 0 Å². The molecule has 1 N–H and O–H groups in total. The normalized spacial score (nSPS) is 10.6. The summed E-state index contributed by atoms with van der Waals surface area (Å²) in [6.07, 6.45) is 8.17. The summed E-state index contributed by atoms with van der Waals surface area (Å²) in [4.78, 5) is 4.30. The van der Waals surface area contributed by atoms with Gasteiger partial charge >= 0.3 is 0 Å². The van der Waals surface area contributed by atoms with Crippen molar-refractivity contribution in [3.05, 3.63) is 12.4 Å². The fourth-order valence-corrected chi connectivity index (χ4v) is 1.89. The topological polar surface area (TPSA) is 39.1 Å². The summed E-state index contributed by atoms with van der Waals surface area (Å²) < 4.78 is 7.17. The molecular formula is C11H21N3OS. The molecule has 0 saturated heterocycles. The Morgan fingerprint density at radius 3 is 3.12 bits per heavy atom. The van der Waals surface area contributed by atoms with Gasteiger partial charge in [-0.25, -0.2) is 4.98 Å². The Labute approximate surface area is 102 Å². The van der Waals surface area contributed by atoms with Gasteiger partial charge in [-0.05, 0) is 24.9 Å². The van der Waals surface area contributed by atoms with Crippen LogP contribution in [0.5, 0.6) is 0 Å². The lowest BCUT2D eigenvalue weighted by Crippen LogP contribution is -2.10. The molecule has 1 rings (SSSR count). The van der Waals surface area contributed by atoms with E-state index >= 15 is 0 Å². The Morgan fingerprint density at radius 1 is 1.50 bits per heavy atom. The van der Waals surface area contributed by atoms with Crippen LogP contribution in [0.1, 0.15) is 12.8 Å². The predicted octanol–water partition coefficient (Wildman–Crippen LogP) is 2.08. The average molecular weight is 243 g/mol. The molecule has 4 nitrogen and oxygen atoms in total. The molecule has 0 aliphatic heterocycles. The minimum atomic E-state index is 0.796. The summed E-state index contributed by atoms with van der Waals surface area (Å²) in [6.45, 7) is 2.74. The van der Waals surface area contributed by atoms with Crippen LogP contribution in [0.3, 0.4) is 0 Å². The van der Waals surface area contributed by atoms with Crippen LogP contribution in [0.2, 0.25) is 0 Å². The van der Waals surface area contributed by atoms with Crippen molar-refractivity contribution in [2.45, 2.75) is 19.4 Å². The molecule has 0 atom stereocenters. The number of aryl methyl sites for hydroxylation is 1. The van der Waals surface area contributed by atoms with Crippen LogP contribution < -0.4 is 5.32 Å². The Bertz CT molecular complexity index is 278. The highest BCUT2D eigenvalue weighted by Gasteiger charge is 2.00. The molecule has 0 aliphatic rings. The third-order valence-electron chi connectivity index (χ3n) is 2.27. The van der Waals surface area contributed by atoms with Crippen molar-refractivity contribution >= 4 is 17.7 Å². The van der Waals surface area contributed by atoms with Crippen LogP contribution in [0.15, 0.2) is 12.4 Å². The van der Waals surface area contributed by atoms with E-state index in [9.17, 15) is 0 Å². The Kier molecular flexibility index (Phi) is 7.09. The highest BCUT2D eigenvalue weighted by Crippen LogP contribution is 2.06. The molecular weight excluding hydrogens is 222 g/mol. The van der Waals surface area contributed by atoms with Crippen molar-refractivity contribution in [1.82, 2.24) is 9.55 Å². The van der Waals surface area contributed by atoms with Crippen molar-refractivity contribution in [3.8, 4) is 0 Å². The van der Waals surface area contributed by atoms with Gasteiger partial charge in [0, 0.05) is 39.2 Å². The first-order valence-electron chi connectivity index (χ1n) is 5.61. The zero-order valence-electron chi connectivity index (χ0n) is 10.1. The Balaban J connectivity index is 2.26. The molecule has 0 spiro atoms. The first kappa shape index (κ1) is 13.4. The molecule has 16 heavy (non-hydrogen) atoms. The highest BCUT2D eigenvalue weighted by molar-refractivity contribution is 7.98. The summed E-state index contributed by atoms with van der Waals surface area (Å²) in [7, 11) is 1.73. The molecule has 1 aromatic heterocycles. The van der Waals surface area contributed by atoms with E-state index in [0.29, 0.717) is 0 Å². The van der Waals surface area contributed by atoms with Crippen molar-refractivity contribution < 1.29 is 4.74 Å². The molecule has 0 aromatic carbocycles. The number of nitrogens with one attached hydrogen (secondary N) is 1. The second-order valence-electron chi connectivity index (χ2n) is 3.56. The number of thioether (sulfide) groups is 1. The number of aromatic nitrogens is 2. The first-order chi connectivity index (χ1) is 7.88. The van der Waals surface area contributed by atoms with Crippen LogP contribution in [0, 0.1) is 0 Å². The Hall–Kier alpha value is -0.680. The summed E-state index contributed by atoms with van der Waals surface area (Å²) in [5.41, 5.74) is 0. The number of methoxy groups -OCH3 is 1. The van der Waals surface area contributed by atoms with Crippen LogP contribution in [-0.4, -0.2) is 41.8 Å². The molecule has 5 heteroatoms. The van der Waals surface area contributed by atoms with E-state index in [4.69, 9.17) is 4.74 Å². The van der Waals surface area contributed by atoms with Gasteiger partial charge in [0.1, 0.15) is 0 Å². The molecule has 0 fully saturated rings. The quantitative estimate of drug-likeness (QED) is 0.674. The van der Waals surface area contributed by atoms with Crippen LogP contribution in [0.4, 0.5) is 5.95 Å². The number of ether oxygens (including phenoxy) is 1. The lowest BCUT2D eigenvalue weighted by atomic mass is 10.4. The van der Waals surface area contributed by atoms with Gasteiger partial charge < -0.3 is 14.6 Å². The third kappa shape index (κ3) is 4.90. The van der Waals surface area contributed by atoms with E-state index in [1.165, 1.54) is 12.2 Å². The minimum absolute atomic E-state index is 0.796. The van der Waals surface area contributed by atoms with E-state index < -0.39 is 0 Å². The SMILES string of the molecule is COCCCn1ccnc1NCCCSC. The smallest absolute Gasteiger partial charge is 0.202 e. The number of nitrogens with zero attached hydrogens (tertiary/aromatic N) is 2. The zero-order chi connectivity index (χ0) is 11.6. The standard InChI is InChI=1S/C11H21N3OS/c1-15-9-4-7-14-8-6-13-11(14)12-5-3-10-16-2/h6,8H,3-5,7,9-10H2,1-2H3,(H,12,13). The number of anilines is 1. The highest BCUT2D eigenvalue weighted by atomic mass is 32.2.